The van der Waals surface area contributed by atoms with Gasteiger partial charge in [-0.15, -0.1) is 0 Å². The Hall–Kier alpha value is -2.71. The molecule has 1 aliphatic heterocycles. The van der Waals surface area contributed by atoms with Gasteiger partial charge in [0.15, 0.2) is 0 Å². The monoisotopic (exact) mass is 418 g/mol. The summed E-state index contributed by atoms with van der Waals surface area (Å²) in [5.74, 6) is -2.52. The Bertz CT molecular complexity index is 862. The van der Waals surface area contributed by atoms with Gasteiger partial charge in [-0.05, 0) is 25.0 Å². The van der Waals surface area contributed by atoms with E-state index in [1.54, 1.807) is 0 Å². The van der Waals surface area contributed by atoms with Gasteiger partial charge < -0.3 is 24.4 Å². The number of rotatable bonds is 6. The maximum Gasteiger partial charge on any atom is 0.336 e. The molecule has 0 radical (unpaired) electrons. The number of esters is 3. The molecule has 0 aromatic carbocycles. The summed E-state index contributed by atoms with van der Waals surface area (Å²) >= 11 is 0. The minimum atomic E-state index is -0.799. The molecule has 0 aromatic rings. The fourth-order valence-electron chi connectivity index (χ4n) is 4.43. The number of aliphatic hydroxyl groups is 2. The second kappa shape index (κ2) is 8.97. The first-order valence-corrected chi connectivity index (χ1v) is 9.80. The highest BCUT2D eigenvalue weighted by Gasteiger charge is 2.52. The van der Waals surface area contributed by atoms with E-state index in [9.17, 15) is 19.5 Å². The summed E-state index contributed by atoms with van der Waals surface area (Å²) in [7, 11) is 0. The third kappa shape index (κ3) is 4.11. The van der Waals surface area contributed by atoms with Gasteiger partial charge in [0.2, 0.25) is 0 Å². The van der Waals surface area contributed by atoms with Crippen molar-refractivity contribution in [2.45, 2.75) is 38.9 Å². The lowest BCUT2D eigenvalue weighted by Gasteiger charge is -2.28. The molecule has 1 saturated heterocycles. The third-order valence-electron chi connectivity index (χ3n) is 5.88. The van der Waals surface area contributed by atoms with E-state index in [2.05, 4.69) is 12.7 Å². The number of allylic oxidation sites excluding steroid dienone is 1. The van der Waals surface area contributed by atoms with E-state index in [0.717, 1.165) is 16.7 Å². The summed E-state index contributed by atoms with van der Waals surface area (Å²) in [4.78, 5) is 36.3. The zero-order valence-corrected chi connectivity index (χ0v) is 17.1. The van der Waals surface area contributed by atoms with Gasteiger partial charge in [-0.1, -0.05) is 23.8 Å². The number of hydrogen-bond acceptors (Lipinski definition) is 8. The van der Waals surface area contributed by atoms with Crippen LogP contribution >= 0.6 is 0 Å². The molecule has 0 spiro atoms. The van der Waals surface area contributed by atoms with Crippen molar-refractivity contribution in [1.82, 2.24) is 0 Å². The first-order valence-electron chi connectivity index (χ1n) is 9.80. The van der Waals surface area contributed by atoms with E-state index in [1.165, 1.54) is 13.0 Å². The summed E-state index contributed by atoms with van der Waals surface area (Å²) in [6.07, 6.45) is 2.72. The molecule has 4 unspecified atom stereocenters. The van der Waals surface area contributed by atoms with Gasteiger partial charge in [-0.25, -0.2) is 9.59 Å². The molecule has 0 bridgehead atoms. The zero-order chi connectivity index (χ0) is 22.0. The molecular formula is C22H26O8. The van der Waals surface area contributed by atoms with Crippen molar-refractivity contribution in [3.05, 3.63) is 46.6 Å². The van der Waals surface area contributed by atoms with Crippen molar-refractivity contribution in [3.8, 4) is 0 Å². The molecule has 0 aromatic heterocycles. The molecule has 8 heteroatoms. The van der Waals surface area contributed by atoms with Crippen LogP contribution in [0.25, 0.3) is 0 Å². The van der Waals surface area contributed by atoms with Crippen LogP contribution in [0.2, 0.25) is 0 Å². The van der Waals surface area contributed by atoms with E-state index in [-0.39, 0.29) is 30.1 Å². The Labute approximate surface area is 174 Å². The zero-order valence-electron chi connectivity index (χ0n) is 17.1. The number of fused-ring (bicyclic) bond motifs is 3. The van der Waals surface area contributed by atoms with E-state index in [1.807, 2.05) is 6.92 Å². The molecule has 2 aliphatic carbocycles. The highest BCUT2D eigenvalue weighted by Crippen LogP contribution is 2.49. The predicted molar refractivity (Wildman–Crippen MR) is 105 cm³/mol. The lowest BCUT2D eigenvalue weighted by atomic mass is 9.82. The number of carbonyl (C=O) groups is 3. The van der Waals surface area contributed by atoms with E-state index in [0.29, 0.717) is 6.42 Å². The largest absolute Gasteiger partial charge is 0.461 e. The van der Waals surface area contributed by atoms with Crippen LogP contribution in [0.4, 0.5) is 0 Å². The maximum absolute atomic E-state index is 12.6. The van der Waals surface area contributed by atoms with Crippen LogP contribution in [0.15, 0.2) is 46.6 Å². The summed E-state index contributed by atoms with van der Waals surface area (Å²) in [6, 6.07) is 0. The van der Waals surface area contributed by atoms with Crippen LogP contribution in [0.5, 0.6) is 0 Å². The molecule has 1 fully saturated rings. The molecule has 1 heterocycles. The summed E-state index contributed by atoms with van der Waals surface area (Å²) in [6.45, 7) is 6.17. The lowest BCUT2D eigenvalue weighted by Crippen LogP contribution is -2.36. The number of carbonyl (C=O) groups excluding carboxylic acids is 3. The smallest absolute Gasteiger partial charge is 0.336 e. The summed E-state index contributed by atoms with van der Waals surface area (Å²) in [5, 5.41) is 18.5. The van der Waals surface area contributed by atoms with Crippen LogP contribution < -0.4 is 0 Å². The van der Waals surface area contributed by atoms with Gasteiger partial charge >= 0.3 is 17.9 Å². The van der Waals surface area contributed by atoms with Crippen molar-refractivity contribution >= 4 is 17.9 Å². The lowest BCUT2D eigenvalue weighted by molar-refractivity contribution is -0.149. The van der Waals surface area contributed by atoms with Gasteiger partial charge in [-0.3, -0.25) is 4.79 Å². The Balaban J connectivity index is 1.99. The van der Waals surface area contributed by atoms with Gasteiger partial charge in [0, 0.05) is 24.8 Å². The van der Waals surface area contributed by atoms with Crippen LogP contribution in [-0.4, -0.2) is 60.1 Å². The normalized spacial score (nSPS) is 28.4. The molecule has 4 atom stereocenters. The Morgan fingerprint density at radius 1 is 1.37 bits per heavy atom. The van der Waals surface area contributed by atoms with Crippen LogP contribution in [0.3, 0.4) is 0 Å². The van der Waals surface area contributed by atoms with Crippen molar-refractivity contribution in [1.29, 1.82) is 0 Å². The summed E-state index contributed by atoms with van der Waals surface area (Å²) < 4.78 is 16.6. The Morgan fingerprint density at radius 2 is 2.10 bits per heavy atom. The second-order valence-corrected chi connectivity index (χ2v) is 7.68. The Kier molecular flexibility index (Phi) is 6.58. The first-order chi connectivity index (χ1) is 14.3. The molecule has 3 aliphatic rings. The maximum atomic E-state index is 12.6. The second-order valence-electron chi connectivity index (χ2n) is 7.68. The minimum Gasteiger partial charge on any atom is -0.461 e. The number of aliphatic hydroxyl groups excluding tert-OH is 2. The molecule has 8 nitrogen and oxygen atoms in total. The SMILES string of the molecule is C=C1C(=O)OC2C3C(C)=CCC3=C(COC(C)=O)CC(OC(=O)C(=CCO)CO)C12. The average molecular weight is 418 g/mol. The van der Waals surface area contributed by atoms with Crippen LogP contribution in [0.1, 0.15) is 26.7 Å². The van der Waals surface area contributed by atoms with Crippen molar-refractivity contribution < 1.29 is 38.8 Å². The molecular weight excluding hydrogens is 392 g/mol. The first kappa shape index (κ1) is 22.0. The molecule has 2 N–H and O–H groups in total. The highest BCUT2D eigenvalue weighted by atomic mass is 16.6. The molecule has 0 saturated carbocycles. The van der Waals surface area contributed by atoms with E-state index >= 15 is 0 Å². The number of hydrogen-bond donors (Lipinski definition) is 2. The molecule has 0 amide bonds. The summed E-state index contributed by atoms with van der Waals surface area (Å²) in [5.41, 5.74) is 2.99. The quantitative estimate of drug-likeness (QED) is 0.285. The Morgan fingerprint density at radius 3 is 2.73 bits per heavy atom. The van der Waals surface area contributed by atoms with Gasteiger partial charge in [0.05, 0.1) is 24.7 Å². The predicted octanol–water partition coefficient (Wildman–Crippen LogP) is 1.14. The van der Waals surface area contributed by atoms with Crippen molar-refractivity contribution in [2.24, 2.45) is 11.8 Å². The van der Waals surface area contributed by atoms with Gasteiger partial charge in [-0.2, -0.15) is 0 Å². The van der Waals surface area contributed by atoms with E-state index < -0.39 is 49.2 Å². The fraction of sp³-hybridized carbons (Fsp3) is 0.500. The van der Waals surface area contributed by atoms with Gasteiger partial charge in [0.25, 0.3) is 0 Å². The van der Waals surface area contributed by atoms with E-state index in [4.69, 9.17) is 19.3 Å². The van der Waals surface area contributed by atoms with Crippen molar-refractivity contribution in [3.63, 3.8) is 0 Å². The highest BCUT2D eigenvalue weighted by molar-refractivity contribution is 5.92. The topological polar surface area (TPSA) is 119 Å². The van der Waals surface area contributed by atoms with Crippen LogP contribution in [0, 0.1) is 11.8 Å². The van der Waals surface area contributed by atoms with Crippen LogP contribution in [-0.2, 0) is 28.6 Å². The van der Waals surface area contributed by atoms with Gasteiger partial charge in [0.1, 0.15) is 18.8 Å². The minimum absolute atomic E-state index is 0.0511. The molecule has 162 valence electrons. The molecule has 3 rings (SSSR count). The molecule has 30 heavy (non-hydrogen) atoms. The third-order valence-corrected chi connectivity index (χ3v) is 5.88. The average Bonchev–Trinajstić information content (AvgIpc) is 3.17. The van der Waals surface area contributed by atoms with Crippen molar-refractivity contribution in [2.75, 3.05) is 19.8 Å². The fourth-order valence-corrected chi connectivity index (χ4v) is 4.43. The standard InChI is InChI=1S/C22H26O8/c1-11-4-5-16-15(10-28-13(3)25)8-17(29-22(27)14(9-24)6-7-23)19-12(2)21(26)30-20(19)18(11)16/h4,6,17-20,23-24H,2,5,7-10H2,1,3H3. The number of ether oxygens (including phenoxy) is 3.